The van der Waals surface area contributed by atoms with Crippen LogP contribution >= 0.6 is 11.6 Å². The summed E-state index contributed by atoms with van der Waals surface area (Å²) in [6.45, 7) is 2.35. The fourth-order valence-electron chi connectivity index (χ4n) is 1.11. The molecular formula is C10H11ClN2O2. The van der Waals surface area contributed by atoms with Crippen molar-refractivity contribution in [2.45, 2.75) is 6.92 Å². The molecule has 0 aliphatic heterocycles. The van der Waals surface area contributed by atoms with Gasteiger partial charge in [-0.05, 0) is 25.1 Å². The fraction of sp³-hybridized carbons (Fsp3) is 0.200. The van der Waals surface area contributed by atoms with E-state index in [-0.39, 0.29) is 5.91 Å². The van der Waals surface area contributed by atoms with Gasteiger partial charge in [-0.1, -0.05) is 11.6 Å². The first-order valence-electron chi connectivity index (χ1n) is 4.47. The maximum atomic E-state index is 11.5. The minimum atomic E-state index is -0.253. The van der Waals surface area contributed by atoms with E-state index in [1.165, 1.54) is 6.07 Å². The van der Waals surface area contributed by atoms with Gasteiger partial charge in [0.05, 0.1) is 10.6 Å². The van der Waals surface area contributed by atoms with Crippen LogP contribution in [0, 0.1) is 0 Å². The summed E-state index contributed by atoms with van der Waals surface area (Å²) in [4.78, 5) is 21.7. The van der Waals surface area contributed by atoms with Crippen molar-refractivity contribution in [2.24, 2.45) is 0 Å². The number of anilines is 1. The molecule has 0 heterocycles. The molecule has 15 heavy (non-hydrogen) atoms. The van der Waals surface area contributed by atoms with Crippen molar-refractivity contribution < 1.29 is 9.59 Å². The summed E-state index contributed by atoms with van der Waals surface area (Å²) < 4.78 is 0. The van der Waals surface area contributed by atoms with Crippen LogP contribution in [0.5, 0.6) is 0 Å². The van der Waals surface area contributed by atoms with E-state index in [2.05, 4.69) is 10.6 Å². The van der Waals surface area contributed by atoms with Gasteiger partial charge >= 0.3 is 0 Å². The van der Waals surface area contributed by atoms with Crippen molar-refractivity contribution in [1.82, 2.24) is 5.32 Å². The molecule has 0 radical (unpaired) electrons. The van der Waals surface area contributed by atoms with Crippen molar-refractivity contribution in [2.75, 3.05) is 11.9 Å². The summed E-state index contributed by atoms with van der Waals surface area (Å²) in [7, 11) is 0. The molecule has 1 aromatic rings. The summed E-state index contributed by atoms with van der Waals surface area (Å²) in [5.74, 6) is -0.253. The highest BCUT2D eigenvalue weighted by atomic mass is 35.5. The smallest absolute Gasteiger partial charge is 0.252 e. The largest absolute Gasteiger partial charge is 0.352 e. The van der Waals surface area contributed by atoms with Gasteiger partial charge in [0, 0.05) is 12.2 Å². The molecule has 0 atom stereocenters. The molecule has 1 aromatic carbocycles. The monoisotopic (exact) mass is 226 g/mol. The topological polar surface area (TPSA) is 58.2 Å². The van der Waals surface area contributed by atoms with Gasteiger partial charge in [-0.25, -0.2) is 0 Å². The van der Waals surface area contributed by atoms with Crippen molar-refractivity contribution in [1.29, 1.82) is 0 Å². The number of amides is 2. The Morgan fingerprint density at radius 2 is 2.27 bits per heavy atom. The Kier molecular flexibility index (Phi) is 4.12. The van der Waals surface area contributed by atoms with Crippen LogP contribution in [0.15, 0.2) is 18.2 Å². The molecule has 0 fully saturated rings. The van der Waals surface area contributed by atoms with E-state index in [9.17, 15) is 9.59 Å². The minimum absolute atomic E-state index is 0.253. The molecule has 2 amide bonds. The van der Waals surface area contributed by atoms with E-state index in [1.807, 2.05) is 6.92 Å². The lowest BCUT2D eigenvalue weighted by Crippen LogP contribution is -2.23. The lowest BCUT2D eigenvalue weighted by Gasteiger charge is -2.06. The highest BCUT2D eigenvalue weighted by Crippen LogP contribution is 2.20. The Morgan fingerprint density at radius 3 is 2.87 bits per heavy atom. The summed E-state index contributed by atoms with van der Waals surface area (Å²) >= 11 is 5.85. The molecule has 0 saturated carbocycles. The molecule has 0 aromatic heterocycles. The van der Waals surface area contributed by atoms with Gasteiger partial charge < -0.3 is 10.6 Å². The van der Waals surface area contributed by atoms with E-state index in [0.717, 1.165) is 0 Å². The Labute approximate surface area is 92.6 Å². The Hall–Kier alpha value is -1.55. The van der Waals surface area contributed by atoms with E-state index < -0.39 is 0 Å². The molecule has 0 aliphatic carbocycles. The van der Waals surface area contributed by atoms with Crippen LogP contribution in [0.3, 0.4) is 0 Å². The standard InChI is InChI=1S/C10H11ClN2O2/c1-2-12-10(15)8-5-7(13-6-14)3-4-9(8)11/h3-6H,2H2,1H3,(H,12,15)(H,13,14). The number of nitrogens with one attached hydrogen (secondary N) is 2. The van der Waals surface area contributed by atoms with Gasteiger partial charge in [0.25, 0.3) is 5.91 Å². The molecule has 1 rings (SSSR count). The zero-order chi connectivity index (χ0) is 11.3. The van der Waals surface area contributed by atoms with E-state index in [1.54, 1.807) is 12.1 Å². The van der Waals surface area contributed by atoms with Gasteiger partial charge in [-0.3, -0.25) is 9.59 Å². The molecular weight excluding hydrogens is 216 g/mol. The van der Waals surface area contributed by atoms with Gasteiger partial charge in [0.15, 0.2) is 0 Å². The van der Waals surface area contributed by atoms with E-state index in [4.69, 9.17) is 11.6 Å². The van der Waals surface area contributed by atoms with Crippen LogP contribution < -0.4 is 10.6 Å². The molecule has 0 unspecified atom stereocenters. The predicted octanol–water partition coefficient (Wildman–Crippen LogP) is 1.66. The first-order valence-corrected chi connectivity index (χ1v) is 4.84. The molecule has 0 spiro atoms. The highest BCUT2D eigenvalue weighted by Gasteiger charge is 2.09. The van der Waals surface area contributed by atoms with Crippen molar-refractivity contribution >= 4 is 29.6 Å². The normalized spacial score (nSPS) is 9.47. The lowest BCUT2D eigenvalue weighted by atomic mass is 10.2. The minimum Gasteiger partial charge on any atom is -0.352 e. The molecule has 0 aliphatic rings. The lowest BCUT2D eigenvalue weighted by molar-refractivity contribution is -0.105. The second kappa shape index (κ2) is 5.36. The number of rotatable bonds is 4. The van der Waals surface area contributed by atoms with Gasteiger partial charge in [-0.2, -0.15) is 0 Å². The predicted molar refractivity (Wildman–Crippen MR) is 59.1 cm³/mol. The number of carbonyl (C=O) groups is 2. The summed E-state index contributed by atoms with van der Waals surface area (Å²) in [6.07, 6.45) is 0.546. The first-order chi connectivity index (χ1) is 7.19. The van der Waals surface area contributed by atoms with Gasteiger partial charge in [-0.15, -0.1) is 0 Å². The highest BCUT2D eigenvalue weighted by molar-refractivity contribution is 6.34. The van der Waals surface area contributed by atoms with E-state index in [0.29, 0.717) is 29.2 Å². The average molecular weight is 227 g/mol. The molecule has 2 N–H and O–H groups in total. The molecule has 80 valence electrons. The Balaban J connectivity index is 2.99. The maximum absolute atomic E-state index is 11.5. The number of hydrogen-bond donors (Lipinski definition) is 2. The van der Waals surface area contributed by atoms with Crippen LogP contribution in [0.1, 0.15) is 17.3 Å². The number of carbonyl (C=O) groups excluding carboxylic acids is 2. The summed E-state index contributed by atoms with van der Waals surface area (Å²) in [5, 5.41) is 5.44. The number of halogens is 1. The SMILES string of the molecule is CCNC(=O)c1cc(NC=O)ccc1Cl. The maximum Gasteiger partial charge on any atom is 0.252 e. The molecule has 0 bridgehead atoms. The van der Waals surface area contributed by atoms with Gasteiger partial charge in [0.1, 0.15) is 0 Å². The third-order valence-electron chi connectivity index (χ3n) is 1.77. The third-order valence-corrected chi connectivity index (χ3v) is 2.10. The number of hydrogen-bond acceptors (Lipinski definition) is 2. The Morgan fingerprint density at radius 1 is 1.53 bits per heavy atom. The third kappa shape index (κ3) is 2.95. The Bertz CT molecular complexity index is 380. The summed E-state index contributed by atoms with van der Waals surface area (Å²) in [5.41, 5.74) is 0.890. The van der Waals surface area contributed by atoms with Crippen LogP contribution in [-0.4, -0.2) is 18.9 Å². The van der Waals surface area contributed by atoms with Crippen molar-refractivity contribution in [3.05, 3.63) is 28.8 Å². The fourth-order valence-corrected chi connectivity index (χ4v) is 1.32. The van der Waals surface area contributed by atoms with Crippen molar-refractivity contribution in [3.8, 4) is 0 Å². The molecule has 0 saturated heterocycles. The van der Waals surface area contributed by atoms with Crippen LogP contribution in [0.4, 0.5) is 5.69 Å². The zero-order valence-corrected chi connectivity index (χ0v) is 8.97. The molecule has 4 nitrogen and oxygen atoms in total. The van der Waals surface area contributed by atoms with Crippen LogP contribution in [0.25, 0.3) is 0 Å². The van der Waals surface area contributed by atoms with E-state index >= 15 is 0 Å². The van der Waals surface area contributed by atoms with Gasteiger partial charge in [0.2, 0.25) is 6.41 Å². The second-order valence-electron chi connectivity index (χ2n) is 2.82. The second-order valence-corrected chi connectivity index (χ2v) is 3.22. The number of benzene rings is 1. The first kappa shape index (κ1) is 11.5. The zero-order valence-electron chi connectivity index (χ0n) is 8.21. The molecule has 5 heteroatoms. The van der Waals surface area contributed by atoms with Crippen LogP contribution in [0.2, 0.25) is 5.02 Å². The van der Waals surface area contributed by atoms with Crippen molar-refractivity contribution in [3.63, 3.8) is 0 Å². The quantitative estimate of drug-likeness (QED) is 0.768. The summed E-state index contributed by atoms with van der Waals surface area (Å²) in [6, 6.07) is 4.72. The van der Waals surface area contributed by atoms with Crippen LogP contribution in [-0.2, 0) is 4.79 Å². The average Bonchev–Trinajstić information content (AvgIpc) is 2.21.